The quantitative estimate of drug-likeness (QED) is 0.566. The van der Waals surface area contributed by atoms with Gasteiger partial charge in [-0.3, -0.25) is 0 Å². The Bertz CT molecular complexity index is 415. The molecule has 0 aromatic heterocycles. The van der Waals surface area contributed by atoms with Crippen molar-refractivity contribution >= 4 is 5.97 Å². The van der Waals surface area contributed by atoms with Crippen LogP contribution in [0.25, 0.3) is 0 Å². The van der Waals surface area contributed by atoms with Crippen LogP contribution in [0, 0.1) is 0 Å². The Morgan fingerprint density at radius 3 is 2.83 bits per heavy atom. The molecule has 0 radical (unpaired) electrons. The number of rotatable bonds is 7. The van der Waals surface area contributed by atoms with Gasteiger partial charge in [-0.15, -0.1) is 0 Å². The number of ether oxygens (including phenoxy) is 1. The van der Waals surface area contributed by atoms with Crippen LogP contribution in [-0.4, -0.2) is 24.2 Å². The summed E-state index contributed by atoms with van der Waals surface area (Å²) in [5.41, 5.74) is 2.34. The van der Waals surface area contributed by atoms with Crippen LogP contribution >= 0.6 is 0 Å². The fourth-order valence-electron chi connectivity index (χ4n) is 1.50. The summed E-state index contributed by atoms with van der Waals surface area (Å²) in [4.78, 5) is 11.3. The van der Waals surface area contributed by atoms with Crippen LogP contribution in [0.1, 0.15) is 18.1 Å². The summed E-state index contributed by atoms with van der Waals surface area (Å²) in [6.45, 7) is 6.82. The van der Waals surface area contributed by atoms with Crippen molar-refractivity contribution in [2.24, 2.45) is 0 Å². The zero-order valence-electron chi connectivity index (χ0n) is 10.6. The molecule has 1 aromatic carbocycles. The standard InChI is InChI=1S/C14H19NO3/c1-3-18-14(17)11(2)8-15-9-12-5-4-6-13(7-12)10-16/h4-7,15-16H,2-3,8-10H2,1H3. The minimum Gasteiger partial charge on any atom is -0.463 e. The minimum absolute atomic E-state index is 0.0311. The maximum Gasteiger partial charge on any atom is 0.334 e. The van der Waals surface area contributed by atoms with Gasteiger partial charge in [0, 0.05) is 18.7 Å². The molecule has 0 saturated carbocycles. The van der Waals surface area contributed by atoms with Gasteiger partial charge in [-0.05, 0) is 18.1 Å². The van der Waals surface area contributed by atoms with Crippen molar-refractivity contribution in [3.8, 4) is 0 Å². The third-order valence-corrected chi connectivity index (χ3v) is 2.41. The predicted octanol–water partition coefficient (Wildman–Crippen LogP) is 1.39. The molecule has 0 aliphatic carbocycles. The second-order valence-corrected chi connectivity index (χ2v) is 3.91. The van der Waals surface area contributed by atoms with Crippen molar-refractivity contribution in [3.05, 3.63) is 47.5 Å². The number of aliphatic hydroxyl groups is 1. The number of aliphatic hydroxyl groups excluding tert-OH is 1. The second-order valence-electron chi connectivity index (χ2n) is 3.91. The third-order valence-electron chi connectivity index (χ3n) is 2.41. The Morgan fingerprint density at radius 1 is 1.44 bits per heavy atom. The molecule has 0 heterocycles. The molecule has 1 rings (SSSR count). The average molecular weight is 249 g/mol. The van der Waals surface area contributed by atoms with Crippen molar-refractivity contribution in [3.63, 3.8) is 0 Å². The SMILES string of the molecule is C=C(CNCc1cccc(CO)c1)C(=O)OCC. The van der Waals surface area contributed by atoms with Crippen LogP contribution in [0.4, 0.5) is 0 Å². The normalized spacial score (nSPS) is 10.1. The molecule has 18 heavy (non-hydrogen) atoms. The monoisotopic (exact) mass is 249 g/mol. The predicted molar refractivity (Wildman–Crippen MR) is 69.8 cm³/mol. The van der Waals surface area contributed by atoms with E-state index in [1.807, 2.05) is 24.3 Å². The number of benzene rings is 1. The molecule has 0 bridgehead atoms. The average Bonchev–Trinajstić information content (AvgIpc) is 2.39. The van der Waals surface area contributed by atoms with Gasteiger partial charge in [0.15, 0.2) is 0 Å². The highest BCUT2D eigenvalue weighted by molar-refractivity contribution is 5.88. The summed E-state index contributed by atoms with van der Waals surface area (Å²) in [7, 11) is 0. The summed E-state index contributed by atoms with van der Waals surface area (Å²) in [5, 5.41) is 12.1. The van der Waals surface area contributed by atoms with Crippen molar-refractivity contribution in [2.45, 2.75) is 20.1 Å². The van der Waals surface area contributed by atoms with E-state index in [1.54, 1.807) is 6.92 Å². The van der Waals surface area contributed by atoms with E-state index in [0.717, 1.165) is 11.1 Å². The first-order valence-corrected chi connectivity index (χ1v) is 5.91. The zero-order valence-corrected chi connectivity index (χ0v) is 10.6. The van der Waals surface area contributed by atoms with E-state index in [4.69, 9.17) is 9.84 Å². The summed E-state index contributed by atoms with van der Waals surface area (Å²) in [6, 6.07) is 7.63. The van der Waals surface area contributed by atoms with E-state index in [1.165, 1.54) is 0 Å². The molecule has 0 amide bonds. The molecule has 0 aliphatic heterocycles. The van der Waals surface area contributed by atoms with Gasteiger partial charge in [0.05, 0.1) is 13.2 Å². The van der Waals surface area contributed by atoms with Gasteiger partial charge < -0.3 is 15.2 Å². The largest absolute Gasteiger partial charge is 0.463 e. The summed E-state index contributed by atoms with van der Waals surface area (Å²) in [6.07, 6.45) is 0. The Hall–Kier alpha value is -1.65. The zero-order chi connectivity index (χ0) is 13.4. The lowest BCUT2D eigenvalue weighted by atomic mass is 10.1. The highest BCUT2D eigenvalue weighted by Crippen LogP contribution is 2.05. The van der Waals surface area contributed by atoms with Gasteiger partial charge in [0.25, 0.3) is 0 Å². The second kappa shape index (κ2) is 7.63. The number of nitrogens with one attached hydrogen (secondary N) is 1. The minimum atomic E-state index is -0.367. The third kappa shape index (κ3) is 4.69. The van der Waals surface area contributed by atoms with Crippen LogP contribution in [0.5, 0.6) is 0 Å². The highest BCUT2D eigenvalue weighted by Gasteiger charge is 2.06. The topological polar surface area (TPSA) is 58.6 Å². The van der Waals surface area contributed by atoms with Gasteiger partial charge in [-0.1, -0.05) is 30.8 Å². The molecule has 0 fully saturated rings. The molecule has 4 nitrogen and oxygen atoms in total. The van der Waals surface area contributed by atoms with Gasteiger partial charge in [0.2, 0.25) is 0 Å². The smallest absolute Gasteiger partial charge is 0.334 e. The Morgan fingerprint density at radius 2 is 2.17 bits per heavy atom. The first-order chi connectivity index (χ1) is 8.67. The molecule has 0 saturated heterocycles. The fourth-order valence-corrected chi connectivity index (χ4v) is 1.50. The van der Waals surface area contributed by atoms with Crippen LogP contribution in [0.15, 0.2) is 36.4 Å². The van der Waals surface area contributed by atoms with Crippen LogP contribution < -0.4 is 5.32 Å². The van der Waals surface area contributed by atoms with E-state index in [2.05, 4.69) is 11.9 Å². The lowest BCUT2D eigenvalue weighted by molar-refractivity contribution is -0.138. The molecule has 0 atom stereocenters. The molecule has 2 N–H and O–H groups in total. The maximum absolute atomic E-state index is 11.3. The molecular weight excluding hydrogens is 230 g/mol. The number of esters is 1. The van der Waals surface area contributed by atoms with E-state index >= 15 is 0 Å². The molecule has 0 spiro atoms. The van der Waals surface area contributed by atoms with E-state index in [-0.39, 0.29) is 12.6 Å². The Balaban J connectivity index is 2.37. The lowest BCUT2D eigenvalue weighted by Gasteiger charge is -2.08. The summed E-state index contributed by atoms with van der Waals surface area (Å²) in [5.74, 6) is -0.367. The van der Waals surface area contributed by atoms with E-state index in [9.17, 15) is 4.79 Å². The fraction of sp³-hybridized carbons (Fsp3) is 0.357. The van der Waals surface area contributed by atoms with Gasteiger partial charge >= 0.3 is 5.97 Å². The van der Waals surface area contributed by atoms with E-state index < -0.39 is 0 Å². The number of carbonyl (C=O) groups is 1. The molecule has 1 aromatic rings. The molecule has 0 aliphatic rings. The molecule has 98 valence electrons. The van der Waals surface area contributed by atoms with Crippen LogP contribution in [0.2, 0.25) is 0 Å². The van der Waals surface area contributed by atoms with Gasteiger partial charge in [-0.2, -0.15) is 0 Å². The summed E-state index contributed by atoms with van der Waals surface area (Å²) >= 11 is 0. The van der Waals surface area contributed by atoms with Crippen molar-refractivity contribution in [1.29, 1.82) is 0 Å². The molecular formula is C14H19NO3. The maximum atomic E-state index is 11.3. The first kappa shape index (κ1) is 14.4. The molecule has 0 unspecified atom stereocenters. The Labute approximate surface area is 107 Å². The van der Waals surface area contributed by atoms with Crippen molar-refractivity contribution in [2.75, 3.05) is 13.2 Å². The van der Waals surface area contributed by atoms with Crippen molar-refractivity contribution in [1.82, 2.24) is 5.32 Å². The van der Waals surface area contributed by atoms with Gasteiger partial charge in [0.1, 0.15) is 0 Å². The highest BCUT2D eigenvalue weighted by atomic mass is 16.5. The summed E-state index contributed by atoms with van der Waals surface area (Å²) < 4.78 is 4.83. The number of hydrogen-bond acceptors (Lipinski definition) is 4. The lowest BCUT2D eigenvalue weighted by Crippen LogP contribution is -2.21. The molecule has 4 heteroatoms. The van der Waals surface area contributed by atoms with Crippen molar-refractivity contribution < 1.29 is 14.6 Å². The first-order valence-electron chi connectivity index (χ1n) is 5.91. The van der Waals surface area contributed by atoms with E-state index in [0.29, 0.717) is 25.3 Å². The van der Waals surface area contributed by atoms with Gasteiger partial charge in [-0.25, -0.2) is 4.79 Å². The number of carbonyl (C=O) groups excluding carboxylic acids is 1. The van der Waals surface area contributed by atoms with Crippen LogP contribution in [-0.2, 0) is 22.7 Å². The number of hydrogen-bond donors (Lipinski definition) is 2. The van der Waals surface area contributed by atoms with Crippen LogP contribution in [0.3, 0.4) is 0 Å². The Kier molecular flexibility index (Phi) is 6.11.